The van der Waals surface area contributed by atoms with E-state index in [4.69, 9.17) is 0 Å². The summed E-state index contributed by atoms with van der Waals surface area (Å²) in [7, 11) is 1.83. The zero-order chi connectivity index (χ0) is 18.5. The summed E-state index contributed by atoms with van der Waals surface area (Å²) in [6.07, 6.45) is 12.2. The first-order valence-electron chi connectivity index (χ1n) is 9.98. The number of nitrogens with zero attached hydrogens (tertiary/aromatic N) is 5. The molecule has 2 aromatic rings. The predicted octanol–water partition coefficient (Wildman–Crippen LogP) is 1.95. The smallest absolute Gasteiger partial charge is 0.191 e. The predicted molar refractivity (Wildman–Crippen MR) is 107 cm³/mol. The zero-order valence-corrected chi connectivity index (χ0v) is 16.0. The van der Waals surface area contributed by atoms with Crippen molar-refractivity contribution in [3.63, 3.8) is 0 Å². The normalized spacial score (nSPS) is 21.7. The molecule has 2 aliphatic rings. The number of hydrogen-bond acceptors (Lipinski definition) is 4. The fraction of sp³-hybridized carbons (Fsp3) is 0.550. The summed E-state index contributed by atoms with van der Waals surface area (Å²) in [6, 6.07) is 7.25. The van der Waals surface area contributed by atoms with Gasteiger partial charge in [-0.3, -0.25) is 9.89 Å². The Morgan fingerprint density at radius 1 is 1.26 bits per heavy atom. The average Bonchev–Trinajstić information content (AvgIpc) is 3.47. The van der Waals surface area contributed by atoms with Gasteiger partial charge in [-0.05, 0) is 43.0 Å². The molecule has 1 unspecified atom stereocenters. The Morgan fingerprint density at radius 3 is 2.93 bits per heavy atom. The van der Waals surface area contributed by atoms with E-state index < -0.39 is 0 Å². The van der Waals surface area contributed by atoms with Crippen LogP contribution in [0.3, 0.4) is 0 Å². The van der Waals surface area contributed by atoms with Crippen molar-refractivity contribution in [2.75, 3.05) is 20.1 Å². The van der Waals surface area contributed by atoms with E-state index in [1.54, 1.807) is 10.9 Å². The summed E-state index contributed by atoms with van der Waals surface area (Å²) in [5.41, 5.74) is 1.15. The fourth-order valence-electron chi connectivity index (χ4n) is 4.18. The Bertz CT molecular complexity index is 749. The molecule has 0 spiro atoms. The van der Waals surface area contributed by atoms with E-state index in [-0.39, 0.29) is 0 Å². The van der Waals surface area contributed by atoms with Crippen LogP contribution < -0.4 is 10.6 Å². The van der Waals surface area contributed by atoms with Crippen LogP contribution in [0.25, 0.3) is 5.82 Å². The van der Waals surface area contributed by atoms with E-state index in [0.717, 1.165) is 29.9 Å². The Kier molecular flexibility index (Phi) is 5.67. The van der Waals surface area contributed by atoms with Crippen LogP contribution in [-0.2, 0) is 6.54 Å². The summed E-state index contributed by atoms with van der Waals surface area (Å²) >= 11 is 0. The monoisotopic (exact) mass is 367 g/mol. The van der Waals surface area contributed by atoms with Crippen LogP contribution in [0.1, 0.15) is 37.7 Å². The SMILES string of the molecule is CN=C(NCc1ccnc(-n2cccn2)c1)NC1CCN(C2CCCC2)C1. The molecular formula is C20H29N7. The third-order valence-electron chi connectivity index (χ3n) is 5.63. The van der Waals surface area contributed by atoms with Crippen molar-refractivity contribution in [3.8, 4) is 5.82 Å². The maximum Gasteiger partial charge on any atom is 0.191 e. The van der Waals surface area contributed by atoms with Crippen LogP contribution in [0.15, 0.2) is 41.8 Å². The second-order valence-corrected chi connectivity index (χ2v) is 7.46. The Labute approximate surface area is 160 Å². The second kappa shape index (κ2) is 8.52. The van der Waals surface area contributed by atoms with Crippen LogP contribution in [-0.4, -0.2) is 57.8 Å². The van der Waals surface area contributed by atoms with Crippen LogP contribution in [0, 0.1) is 0 Å². The molecule has 144 valence electrons. The van der Waals surface area contributed by atoms with Gasteiger partial charge in [0.15, 0.2) is 11.8 Å². The van der Waals surface area contributed by atoms with Crippen molar-refractivity contribution >= 4 is 5.96 Å². The number of hydrogen-bond donors (Lipinski definition) is 2. The zero-order valence-electron chi connectivity index (χ0n) is 16.0. The molecule has 2 fully saturated rings. The molecule has 4 rings (SSSR count). The first-order valence-corrected chi connectivity index (χ1v) is 9.98. The number of rotatable bonds is 5. The molecule has 3 heterocycles. The van der Waals surface area contributed by atoms with Gasteiger partial charge < -0.3 is 10.6 Å². The highest BCUT2D eigenvalue weighted by molar-refractivity contribution is 5.80. The molecule has 0 aromatic carbocycles. The van der Waals surface area contributed by atoms with Crippen LogP contribution >= 0.6 is 0 Å². The number of likely N-dealkylation sites (tertiary alicyclic amines) is 1. The molecule has 7 heteroatoms. The minimum atomic E-state index is 0.480. The van der Waals surface area contributed by atoms with Crippen LogP contribution in [0.5, 0.6) is 0 Å². The lowest BCUT2D eigenvalue weighted by Gasteiger charge is -2.24. The van der Waals surface area contributed by atoms with Gasteiger partial charge in [0.2, 0.25) is 0 Å². The molecule has 7 nitrogen and oxygen atoms in total. The molecule has 1 aliphatic heterocycles. The molecule has 1 saturated carbocycles. The van der Waals surface area contributed by atoms with E-state index in [0.29, 0.717) is 12.6 Å². The van der Waals surface area contributed by atoms with Crippen LogP contribution in [0.2, 0.25) is 0 Å². The van der Waals surface area contributed by atoms with Gasteiger partial charge in [-0.2, -0.15) is 5.10 Å². The van der Waals surface area contributed by atoms with Gasteiger partial charge >= 0.3 is 0 Å². The summed E-state index contributed by atoms with van der Waals surface area (Å²) < 4.78 is 1.77. The minimum Gasteiger partial charge on any atom is -0.352 e. The molecule has 2 N–H and O–H groups in total. The van der Waals surface area contributed by atoms with E-state index in [9.17, 15) is 0 Å². The maximum atomic E-state index is 4.40. The molecule has 0 radical (unpaired) electrons. The highest BCUT2D eigenvalue weighted by Crippen LogP contribution is 2.26. The van der Waals surface area contributed by atoms with Gasteiger partial charge in [-0.15, -0.1) is 0 Å². The van der Waals surface area contributed by atoms with E-state index in [1.807, 2.05) is 37.6 Å². The third kappa shape index (κ3) is 4.47. The number of aromatic nitrogens is 3. The molecular weight excluding hydrogens is 338 g/mol. The van der Waals surface area contributed by atoms with Gasteiger partial charge in [0.1, 0.15) is 0 Å². The summed E-state index contributed by atoms with van der Waals surface area (Å²) in [5.74, 6) is 1.69. The van der Waals surface area contributed by atoms with Gasteiger partial charge in [0, 0.05) is 57.4 Å². The van der Waals surface area contributed by atoms with Crippen molar-refractivity contribution in [2.24, 2.45) is 4.99 Å². The lowest BCUT2D eigenvalue weighted by Crippen LogP contribution is -2.45. The number of guanidine groups is 1. The summed E-state index contributed by atoms with van der Waals surface area (Å²) in [6.45, 7) is 3.04. The van der Waals surface area contributed by atoms with Crippen molar-refractivity contribution in [1.29, 1.82) is 0 Å². The molecule has 0 amide bonds. The second-order valence-electron chi connectivity index (χ2n) is 7.46. The summed E-state index contributed by atoms with van der Waals surface area (Å²) in [5, 5.41) is 11.3. The standard InChI is InChI=1S/C20H29N7/c1-21-20(25-17-8-12-26(15-17)18-5-2-3-6-18)23-14-16-7-10-22-19(13-16)27-11-4-9-24-27/h4,7,9-11,13,17-18H,2-3,5-6,8,12,14-15H2,1H3,(H2,21,23,25). The van der Waals surface area contributed by atoms with Crippen LogP contribution in [0.4, 0.5) is 0 Å². The Hall–Kier alpha value is -2.41. The van der Waals surface area contributed by atoms with Gasteiger partial charge in [-0.1, -0.05) is 12.8 Å². The molecule has 1 aliphatic carbocycles. The molecule has 1 atom stereocenters. The van der Waals surface area contributed by atoms with Gasteiger partial charge in [-0.25, -0.2) is 9.67 Å². The quantitative estimate of drug-likeness (QED) is 0.624. The minimum absolute atomic E-state index is 0.480. The van der Waals surface area contributed by atoms with Crippen molar-refractivity contribution in [2.45, 2.75) is 50.7 Å². The largest absolute Gasteiger partial charge is 0.352 e. The van der Waals surface area contributed by atoms with Crippen molar-refractivity contribution < 1.29 is 0 Å². The third-order valence-corrected chi connectivity index (χ3v) is 5.63. The highest BCUT2D eigenvalue weighted by Gasteiger charge is 2.30. The summed E-state index contributed by atoms with van der Waals surface area (Å²) in [4.78, 5) is 11.4. The average molecular weight is 368 g/mol. The lowest BCUT2D eigenvalue weighted by atomic mass is 10.2. The molecule has 27 heavy (non-hydrogen) atoms. The van der Waals surface area contributed by atoms with E-state index in [1.165, 1.54) is 38.6 Å². The van der Waals surface area contributed by atoms with E-state index >= 15 is 0 Å². The van der Waals surface area contributed by atoms with E-state index in [2.05, 4.69) is 30.6 Å². The first-order chi connectivity index (χ1) is 13.3. The van der Waals surface area contributed by atoms with Gasteiger partial charge in [0.25, 0.3) is 0 Å². The molecule has 0 bridgehead atoms. The molecule has 2 aromatic heterocycles. The van der Waals surface area contributed by atoms with Crippen molar-refractivity contribution in [3.05, 3.63) is 42.4 Å². The highest BCUT2D eigenvalue weighted by atomic mass is 15.3. The lowest BCUT2D eigenvalue weighted by molar-refractivity contribution is 0.242. The fourth-order valence-corrected chi connectivity index (χ4v) is 4.18. The van der Waals surface area contributed by atoms with Crippen molar-refractivity contribution in [1.82, 2.24) is 30.3 Å². The Balaban J connectivity index is 1.29. The molecule has 1 saturated heterocycles. The first kappa shape index (κ1) is 18.0. The maximum absolute atomic E-state index is 4.40. The topological polar surface area (TPSA) is 70.4 Å². The Morgan fingerprint density at radius 2 is 2.15 bits per heavy atom. The number of nitrogens with one attached hydrogen (secondary N) is 2. The number of pyridine rings is 1. The van der Waals surface area contributed by atoms with Gasteiger partial charge in [0.05, 0.1) is 0 Å². The number of aliphatic imine (C=N–C) groups is 1.